The van der Waals surface area contributed by atoms with Gasteiger partial charge in [0.05, 0.1) is 12.7 Å². The van der Waals surface area contributed by atoms with Crippen LogP contribution in [0.3, 0.4) is 0 Å². The molecule has 4 nitrogen and oxygen atoms in total. The van der Waals surface area contributed by atoms with E-state index in [0.717, 1.165) is 4.90 Å². The van der Waals surface area contributed by atoms with Gasteiger partial charge in [-0.05, 0) is 23.2 Å². The highest BCUT2D eigenvalue weighted by Gasteiger charge is 2.21. The summed E-state index contributed by atoms with van der Waals surface area (Å²) in [5, 5.41) is -1.50. The number of rotatable bonds is 1. The predicted octanol–water partition coefficient (Wildman–Crippen LogP) is 1.34. The zero-order valence-corrected chi connectivity index (χ0v) is 7.34. The van der Waals surface area contributed by atoms with Gasteiger partial charge >= 0.3 is 5.37 Å². The number of hydrogen-bond donors (Lipinski definition) is 0. The molecule has 0 atom stereocenters. The van der Waals surface area contributed by atoms with Gasteiger partial charge in [-0.15, -0.1) is 0 Å². The van der Waals surface area contributed by atoms with Gasteiger partial charge in [-0.2, -0.15) is 0 Å². The maximum atomic E-state index is 10.7. The van der Waals surface area contributed by atoms with Crippen LogP contribution in [0.2, 0.25) is 0 Å². The number of hydrogen-bond acceptors (Lipinski definition) is 3. The van der Waals surface area contributed by atoms with Crippen LogP contribution in [-0.4, -0.2) is 28.3 Å². The summed E-state index contributed by atoms with van der Waals surface area (Å²) in [4.78, 5) is 26.1. The first-order chi connectivity index (χ1) is 5.63. The zero-order chi connectivity index (χ0) is 9.14. The van der Waals surface area contributed by atoms with E-state index < -0.39 is 10.6 Å². The van der Waals surface area contributed by atoms with Crippen molar-refractivity contribution >= 4 is 40.0 Å². The zero-order valence-electron chi connectivity index (χ0n) is 5.83. The molecule has 64 valence electrons. The molecule has 1 heterocycles. The van der Waals surface area contributed by atoms with Crippen LogP contribution in [0.1, 0.15) is 0 Å². The van der Waals surface area contributed by atoms with Crippen molar-refractivity contribution in [1.82, 2.24) is 4.90 Å². The Hall–Kier alpha value is -0.870. The van der Waals surface area contributed by atoms with Crippen LogP contribution in [-0.2, 0) is 4.79 Å². The van der Waals surface area contributed by atoms with E-state index in [1.54, 1.807) is 0 Å². The third-order valence-corrected chi connectivity index (χ3v) is 1.67. The summed E-state index contributed by atoms with van der Waals surface area (Å²) >= 11 is 10.3. The van der Waals surface area contributed by atoms with E-state index in [-0.39, 0.29) is 12.2 Å². The summed E-state index contributed by atoms with van der Waals surface area (Å²) in [6.45, 7) is 0.173. The molecule has 1 amide bonds. The number of carbonyl (C=O) groups excluding carboxylic acids is 2. The summed E-state index contributed by atoms with van der Waals surface area (Å²) in [5.41, 5.74) is -0.000772. The van der Waals surface area contributed by atoms with Crippen molar-refractivity contribution in [3.63, 3.8) is 0 Å². The fourth-order valence-electron chi connectivity index (χ4n) is 0.743. The van der Waals surface area contributed by atoms with E-state index in [4.69, 9.17) is 23.2 Å². The lowest BCUT2D eigenvalue weighted by Gasteiger charge is -2.19. The lowest BCUT2D eigenvalue weighted by molar-refractivity contribution is -0.109. The average molecular weight is 207 g/mol. The molecule has 0 aromatic carbocycles. The molecule has 0 bridgehead atoms. The maximum absolute atomic E-state index is 10.7. The van der Waals surface area contributed by atoms with Crippen LogP contribution in [0.4, 0.5) is 4.79 Å². The van der Waals surface area contributed by atoms with Gasteiger partial charge in [0.2, 0.25) is 0 Å². The molecular weight excluding hydrogens is 203 g/mol. The third kappa shape index (κ3) is 1.84. The van der Waals surface area contributed by atoms with E-state index in [0.29, 0.717) is 0 Å². The summed E-state index contributed by atoms with van der Waals surface area (Å²) in [6, 6.07) is 0. The molecule has 6 heteroatoms. The van der Waals surface area contributed by atoms with Crippen molar-refractivity contribution in [3.05, 3.63) is 11.9 Å². The smallest absolute Gasteiger partial charge is 0.288 e. The van der Waals surface area contributed by atoms with Gasteiger partial charge in [0.25, 0.3) is 5.24 Å². The minimum absolute atomic E-state index is 0.000772. The number of aliphatic imine (C=N–C) groups is 1. The molecule has 1 rings (SSSR count). The van der Waals surface area contributed by atoms with Crippen molar-refractivity contribution in [2.75, 3.05) is 6.54 Å². The van der Waals surface area contributed by atoms with E-state index in [9.17, 15) is 9.59 Å². The molecule has 0 unspecified atom stereocenters. The molecule has 0 aliphatic carbocycles. The normalized spacial score (nSPS) is 15.8. The summed E-state index contributed by atoms with van der Waals surface area (Å²) in [7, 11) is 0. The molecule has 1 aliphatic heterocycles. The predicted molar refractivity (Wildman–Crippen MR) is 45.4 cm³/mol. The van der Waals surface area contributed by atoms with E-state index in [2.05, 4.69) is 4.99 Å². The Morgan fingerprint density at radius 3 is 2.58 bits per heavy atom. The monoisotopic (exact) mass is 206 g/mol. The van der Waals surface area contributed by atoms with Gasteiger partial charge in [0.15, 0.2) is 0 Å². The molecule has 12 heavy (non-hydrogen) atoms. The molecule has 0 aromatic rings. The van der Waals surface area contributed by atoms with Gasteiger partial charge in [-0.3, -0.25) is 19.5 Å². The standard InChI is InChI=1S/C6H4Cl2N2O2/c7-5(11)4-3-9-1-2-10(4)6(8)12/h1,3H,2H2. The van der Waals surface area contributed by atoms with Crippen molar-refractivity contribution in [2.24, 2.45) is 4.99 Å². The van der Waals surface area contributed by atoms with Crippen LogP contribution in [0.5, 0.6) is 0 Å². The van der Waals surface area contributed by atoms with E-state index in [1.165, 1.54) is 12.4 Å². The minimum atomic E-state index is -0.749. The topological polar surface area (TPSA) is 49.7 Å². The van der Waals surface area contributed by atoms with Crippen LogP contribution in [0, 0.1) is 0 Å². The van der Waals surface area contributed by atoms with Gasteiger partial charge < -0.3 is 0 Å². The number of carbonyl (C=O) groups is 2. The minimum Gasteiger partial charge on any atom is -0.288 e. The molecule has 0 spiro atoms. The van der Waals surface area contributed by atoms with Gasteiger partial charge in [0.1, 0.15) is 5.70 Å². The number of halogens is 2. The van der Waals surface area contributed by atoms with E-state index >= 15 is 0 Å². The Bertz CT molecular complexity index is 285. The lowest BCUT2D eigenvalue weighted by Crippen LogP contribution is -2.31. The first-order valence-corrected chi connectivity index (χ1v) is 3.77. The molecular formula is C6H4Cl2N2O2. The first-order valence-electron chi connectivity index (χ1n) is 3.01. The maximum Gasteiger partial charge on any atom is 0.321 e. The Morgan fingerprint density at radius 2 is 2.17 bits per heavy atom. The second kappa shape index (κ2) is 3.69. The molecule has 0 fully saturated rings. The molecule has 1 aliphatic rings. The Morgan fingerprint density at radius 1 is 1.50 bits per heavy atom. The number of allylic oxidation sites excluding steroid dienone is 1. The van der Waals surface area contributed by atoms with Gasteiger partial charge in [-0.1, -0.05) is 0 Å². The second-order valence-electron chi connectivity index (χ2n) is 1.98. The molecule has 0 saturated carbocycles. The molecule has 0 saturated heterocycles. The first kappa shape index (κ1) is 9.22. The molecule has 0 aromatic heterocycles. The highest BCUT2D eigenvalue weighted by molar-refractivity contribution is 6.69. The second-order valence-corrected chi connectivity index (χ2v) is 2.65. The number of amides is 1. The van der Waals surface area contributed by atoms with Crippen molar-refractivity contribution in [2.45, 2.75) is 0 Å². The fraction of sp³-hybridized carbons (Fsp3) is 0.167. The average Bonchev–Trinajstić information content (AvgIpc) is 2.04. The van der Waals surface area contributed by atoms with Gasteiger partial charge in [0, 0.05) is 6.21 Å². The SMILES string of the molecule is O=C(Cl)C1=CN=CCN1C(=O)Cl. The van der Waals surface area contributed by atoms with Crippen LogP contribution >= 0.6 is 23.2 Å². The third-order valence-electron chi connectivity index (χ3n) is 1.27. The Kier molecular flexibility index (Phi) is 2.83. The molecule has 0 radical (unpaired) electrons. The van der Waals surface area contributed by atoms with Gasteiger partial charge in [-0.25, -0.2) is 0 Å². The summed E-state index contributed by atoms with van der Waals surface area (Å²) < 4.78 is 0. The van der Waals surface area contributed by atoms with Crippen molar-refractivity contribution < 1.29 is 9.59 Å². The highest BCUT2D eigenvalue weighted by atomic mass is 35.5. The lowest BCUT2D eigenvalue weighted by atomic mass is 10.4. The van der Waals surface area contributed by atoms with Crippen LogP contribution in [0.15, 0.2) is 16.9 Å². The Balaban J connectivity index is 2.91. The van der Waals surface area contributed by atoms with E-state index in [1.807, 2.05) is 0 Å². The largest absolute Gasteiger partial charge is 0.321 e. The Labute approximate surface area is 78.5 Å². The summed E-state index contributed by atoms with van der Waals surface area (Å²) in [5.74, 6) is 0. The van der Waals surface area contributed by atoms with Crippen molar-refractivity contribution in [1.29, 1.82) is 0 Å². The van der Waals surface area contributed by atoms with Crippen LogP contribution in [0.25, 0.3) is 0 Å². The van der Waals surface area contributed by atoms with Crippen LogP contribution < -0.4 is 0 Å². The molecule has 0 N–H and O–H groups in total. The number of nitrogens with zero attached hydrogens (tertiary/aromatic N) is 2. The summed E-state index contributed by atoms with van der Waals surface area (Å²) in [6.07, 6.45) is 2.64. The quantitative estimate of drug-likeness (QED) is 0.481. The van der Waals surface area contributed by atoms with Crippen molar-refractivity contribution in [3.8, 4) is 0 Å². The fourth-order valence-corrected chi connectivity index (χ4v) is 1.05. The highest BCUT2D eigenvalue weighted by Crippen LogP contribution is 2.13.